The number of piperidine rings is 1. The van der Waals surface area contributed by atoms with Crippen molar-refractivity contribution >= 4 is 28.8 Å². The molecule has 1 aromatic rings. The summed E-state index contributed by atoms with van der Waals surface area (Å²) in [5, 5.41) is 9.64. The molecule has 0 aliphatic carbocycles. The molecule has 1 N–H and O–H groups in total. The van der Waals surface area contributed by atoms with Crippen molar-refractivity contribution in [2.75, 3.05) is 20.1 Å². The van der Waals surface area contributed by atoms with Crippen molar-refractivity contribution in [3.8, 4) is 0 Å². The van der Waals surface area contributed by atoms with Crippen LogP contribution in [0.4, 0.5) is 9.18 Å². The van der Waals surface area contributed by atoms with Crippen molar-refractivity contribution < 1.29 is 23.9 Å². The van der Waals surface area contributed by atoms with Crippen LogP contribution in [0.3, 0.4) is 0 Å². The van der Waals surface area contributed by atoms with Gasteiger partial charge in [-0.15, -0.1) is 0 Å². The SMILES string of the molecule is CN1C(=O)S[C@@H](CC(=O)N2CCC(O)(c3cccnc3F)CC2)C1=O. The lowest BCUT2D eigenvalue weighted by molar-refractivity contribution is -0.138. The molecule has 0 bridgehead atoms. The van der Waals surface area contributed by atoms with E-state index in [0.29, 0.717) is 0 Å². The Balaban J connectivity index is 1.61. The highest BCUT2D eigenvalue weighted by Gasteiger charge is 2.41. The molecule has 2 fully saturated rings. The number of pyridine rings is 1. The van der Waals surface area contributed by atoms with E-state index in [1.807, 2.05) is 0 Å². The molecule has 2 aliphatic heterocycles. The Bertz CT molecular complexity index is 721. The van der Waals surface area contributed by atoms with E-state index in [1.54, 1.807) is 11.0 Å². The van der Waals surface area contributed by atoms with Crippen LogP contribution >= 0.6 is 11.8 Å². The minimum absolute atomic E-state index is 0.0563. The van der Waals surface area contributed by atoms with Gasteiger partial charge in [-0.2, -0.15) is 4.39 Å². The van der Waals surface area contributed by atoms with Gasteiger partial charge in [0.15, 0.2) is 0 Å². The summed E-state index contributed by atoms with van der Waals surface area (Å²) in [6.45, 7) is 0.498. The molecular formula is C16H18FN3O4S. The van der Waals surface area contributed by atoms with E-state index in [2.05, 4.69) is 4.98 Å². The van der Waals surface area contributed by atoms with E-state index < -0.39 is 16.8 Å². The number of carbonyl (C=O) groups excluding carboxylic acids is 3. The zero-order valence-corrected chi connectivity index (χ0v) is 14.5. The third-order valence-corrected chi connectivity index (χ3v) is 5.82. The number of rotatable bonds is 3. The minimum atomic E-state index is -1.36. The predicted molar refractivity (Wildman–Crippen MR) is 88.1 cm³/mol. The second-order valence-corrected chi connectivity index (χ2v) is 7.38. The number of thioether (sulfide) groups is 1. The Morgan fingerprint density at radius 1 is 1.44 bits per heavy atom. The number of halogens is 1. The molecule has 1 atom stereocenters. The summed E-state index contributed by atoms with van der Waals surface area (Å²) in [6.07, 6.45) is 1.63. The van der Waals surface area contributed by atoms with Crippen molar-refractivity contribution in [3.05, 3.63) is 29.8 Å². The van der Waals surface area contributed by atoms with Crippen LogP contribution in [0.1, 0.15) is 24.8 Å². The zero-order chi connectivity index (χ0) is 18.2. The first kappa shape index (κ1) is 17.8. The van der Waals surface area contributed by atoms with Gasteiger partial charge in [-0.05, 0) is 18.9 Å². The van der Waals surface area contributed by atoms with E-state index in [-0.39, 0.29) is 55.0 Å². The van der Waals surface area contributed by atoms with E-state index in [1.165, 1.54) is 19.3 Å². The Labute approximate surface area is 148 Å². The minimum Gasteiger partial charge on any atom is -0.385 e. The molecule has 2 saturated heterocycles. The first-order chi connectivity index (χ1) is 11.8. The van der Waals surface area contributed by atoms with E-state index in [9.17, 15) is 23.9 Å². The van der Waals surface area contributed by atoms with Crippen LogP contribution in [0, 0.1) is 5.95 Å². The van der Waals surface area contributed by atoms with Gasteiger partial charge in [-0.1, -0.05) is 17.8 Å². The summed E-state index contributed by atoms with van der Waals surface area (Å²) in [4.78, 5) is 41.9. The first-order valence-corrected chi connectivity index (χ1v) is 8.79. The lowest BCUT2D eigenvalue weighted by Gasteiger charge is -2.38. The number of carbonyl (C=O) groups is 3. The molecule has 3 amide bonds. The molecule has 0 spiro atoms. The molecule has 1 aromatic heterocycles. The Hall–Kier alpha value is -2.00. The van der Waals surface area contributed by atoms with Gasteiger partial charge < -0.3 is 10.0 Å². The molecule has 0 aromatic carbocycles. The lowest BCUT2D eigenvalue weighted by Crippen LogP contribution is -2.46. The summed E-state index contributed by atoms with van der Waals surface area (Å²) < 4.78 is 13.8. The van der Waals surface area contributed by atoms with Gasteiger partial charge in [0.05, 0.1) is 5.60 Å². The fraction of sp³-hybridized carbons (Fsp3) is 0.500. The number of aliphatic hydroxyl groups is 1. The fourth-order valence-electron chi connectivity index (χ4n) is 3.10. The number of hydrogen-bond donors (Lipinski definition) is 1. The Morgan fingerprint density at radius 3 is 2.68 bits per heavy atom. The van der Waals surface area contributed by atoms with Crippen molar-refractivity contribution in [2.24, 2.45) is 0 Å². The third kappa shape index (κ3) is 3.38. The van der Waals surface area contributed by atoms with Crippen LogP contribution in [0.15, 0.2) is 18.3 Å². The van der Waals surface area contributed by atoms with Crippen LogP contribution in [0.2, 0.25) is 0 Å². The Morgan fingerprint density at radius 2 is 2.12 bits per heavy atom. The Kier molecular flexibility index (Phi) is 4.79. The standard InChI is InChI=1S/C16H18FN3O4S/c1-19-14(22)11(25-15(19)23)9-12(21)20-7-4-16(24,5-8-20)10-3-2-6-18-13(10)17/h2-3,6,11,24H,4-5,7-9H2,1H3/t11-/m0/s1. The second kappa shape index (κ2) is 6.72. The number of likely N-dealkylation sites (tertiary alicyclic amines) is 1. The van der Waals surface area contributed by atoms with Crippen LogP contribution < -0.4 is 0 Å². The van der Waals surface area contributed by atoms with E-state index in [0.717, 1.165) is 16.7 Å². The summed E-state index contributed by atoms with van der Waals surface area (Å²) in [5.74, 6) is -1.32. The number of aromatic nitrogens is 1. The average Bonchev–Trinajstić information content (AvgIpc) is 2.82. The monoisotopic (exact) mass is 367 g/mol. The highest BCUT2D eigenvalue weighted by atomic mass is 32.2. The fourth-order valence-corrected chi connectivity index (χ4v) is 4.08. The van der Waals surface area contributed by atoms with Crippen molar-refractivity contribution in [2.45, 2.75) is 30.1 Å². The van der Waals surface area contributed by atoms with Crippen molar-refractivity contribution in [1.29, 1.82) is 0 Å². The average molecular weight is 367 g/mol. The normalized spacial score (nSPS) is 23.2. The van der Waals surface area contributed by atoms with Gasteiger partial charge in [0.2, 0.25) is 17.8 Å². The predicted octanol–water partition coefficient (Wildman–Crippen LogP) is 1.11. The molecule has 0 unspecified atom stereocenters. The number of hydrogen-bond acceptors (Lipinski definition) is 6. The van der Waals surface area contributed by atoms with Crippen molar-refractivity contribution in [1.82, 2.24) is 14.8 Å². The van der Waals surface area contributed by atoms with Gasteiger partial charge in [-0.25, -0.2) is 4.98 Å². The molecule has 134 valence electrons. The van der Waals surface area contributed by atoms with Gasteiger partial charge in [0.1, 0.15) is 5.25 Å². The lowest BCUT2D eigenvalue weighted by atomic mass is 9.85. The van der Waals surface area contributed by atoms with Gasteiger partial charge in [0.25, 0.3) is 5.24 Å². The molecular weight excluding hydrogens is 349 g/mol. The molecule has 9 heteroatoms. The van der Waals surface area contributed by atoms with Gasteiger partial charge >= 0.3 is 0 Å². The topological polar surface area (TPSA) is 90.8 Å². The van der Waals surface area contributed by atoms with Crippen LogP contribution in [-0.4, -0.2) is 62.3 Å². The summed E-state index contributed by atoms with van der Waals surface area (Å²) >= 11 is 0.855. The zero-order valence-electron chi connectivity index (χ0n) is 13.6. The van der Waals surface area contributed by atoms with Gasteiger partial charge in [-0.3, -0.25) is 19.3 Å². The molecule has 0 radical (unpaired) electrons. The highest BCUT2D eigenvalue weighted by Crippen LogP contribution is 2.34. The molecule has 25 heavy (non-hydrogen) atoms. The molecule has 2 aliphatic rings. The van der Waals surface area contributed by atoms with E-state index >= 15 is 0 Å². The summed E-state index contributed by atoms with van der Waals surface area (Å²) in [7, 11) is 1.39. The largest absolute Gasteiger partial charge is 0.385 e. The number of imide groups is 1. The van der Waals surface area contributed by atoms with Crippen LogP contribution in [0.25, 0.3) is 0 Å². The second-order valence-electron chi connectivity index (χ2n) is 6.23. The van der Waals surface area contributed by atoms with E-state index in [4.69, 9.17) is 0 Å². The molecule has 3 heterocycles. The quantitative estimate of drug-likeness (QED) is 0.805. The maximum Gasteiger partial charge on any atom is 0.288 e. The molecule has 7 nitrogen and oxygen atoms in total. The number of nitrogens with zero attached hydrogens (tertiary/aromatic N) is 3. The van der Waals surface area contributed by atoms with Gasteiger partial charge in [0, 0.05) is 38.3 Å². The molecule has 0 saturated carbocycles. The number of amides is 3. The summed E-state index contributed by atoms with van der Waals surface area (Å²) in [6, 6.07) is 3.06. The highest BCUT2D eigenvalue weighted by molar-refractivity contribution is 8.15. The smallest absolute Gasteiger partial charge is 0.288 e. The maximum absolute atomic E-state index is 13.8. The van der Waals surface area contributed by atoms with Crippen molar-refractivity contribution in [3.63, 3.8) is 0 Å². The first-order valence-electron chi connectivity index (χ1n) is 7.91. The summed E-state index contributed by atoms with van der Waals surface area (Å²) in [5.41, 5.74) is -1.22. The maximum atomic E-state index is 13.8. The third-order valence-electron chi connectivity index (χ3n) is 4.69. The van der Waals surface area contributed by atoms with Crippen LogP contribution in [-0.2, 0) is 15.2 Å². The molecule has 3 rings (SSSR count). The van der Waals surface area contributed by atoms with Crippen LogP contribution in [0.5, 0.6) is 0 Å².